The van der Waals surface area contributed by atoms with Crippen LogP contribution in [0.2, 0.25) is 0 Å². The lowest BCUT2D eigenvalue weighted by atomic mass is 9.90. The van der Waals surface area contributed by atoms with Crippen LogP contribution in [0.1, 0.15) is 51.9 Å². The number of aliphatic hydroxyl groups is 2. The second-order valence-electron chi connectivity index (χ2n) is 6.13. The molecule has 1 rings (SSSR count). The molecule has 0 unspecified atom stereocenters. The van der Waals surface area contributed by atoms with Crippen LogP contribution in [0.4, 0.5) is 0 Å². The van der Waals surface area contributed by atoms with Gasteiger partial charge in [0, 0.05) is 24.7 Å². The van der Waals surface area contributed by atoms with Gasteiger partial charge in [-0.05, 0) is 32.1 Å². The van der Waals surface area contributed by atoms with Crippen molar-refractivity contribution in [2.24, 2.45) is 11.8 Å². The van der Waals surface area contributed by atoms with Gasteiger partial charge in [0.05, 0.1) is 12.2 Å². The van der Waals surface area contributed by atoms with Gasteiger partial charge < -0.3 is 15.3 Å². The van der Waals surface area contributed by atoms with Crippen molar-refractivity contribution in [3.63, 3.8) is 0 Å². The van der Waals surface area contributed by atoms with E-state index in [9.17, 15) is 19.8 Å². The number of carbonyl (C=O) groups is 2. The van der Waals surface area contributed by atoms with Crippen LogP contribution in [0.15, 0.2) is 24.3 Å². The van der Waals surface area contributed by atoms with E-state index in [1.807, 2.05) is 19.1 Å². The number of Topliss-reactive ketones (excluding diaryl/α,β-unsaturated/α-hetero) is 1. The van der Waals surface area contributed by atoms with E-state index in [4.69, 9.17) is 5.11 Å². The maximum absolute atomic E-state index is 12.0. The molecule has 0 heterocycles. The van der Waals surface area contributed by atoms with Gasteiger partial charge in [0.2, 0.25) is 0 Å². The minimum Gasteiger partial charge on any atom is -0.481 e. The average molecular weight is 324 g/mol. The molecule has 0 spiro atoms. The Morgan fingerprint density at radius 3 is 2.74 bits per heavy atom. The molecule has 0 radical (unpaired) electrons. The zero-order valence-electron chi connectivity index (χ0n) is 13.7. The summed E-state index contributed by atoms with van der Waals surface area (Å²) in [6.07, 6.45) is 9.54. The second-order valence-corrected chi connectivity index (χ2v) is 6.13. The number of aliphatic hydroxyl groups excluding tert-OH is 2. The van der Waals surface area contributed by atoms with Crippen molar-refractivity contribution in [1.82, 2.24) is 0 Å². The predicted molar refractivity (Wildman–Crippen MR) is 87.9 cm³/mol. The van der Waals surface area contributed by atoms with E-state index in [2.05, 4.69) is 0 Å². The van der Waals surface area contributed by atoms with Crippen LogP contribution in [0.25, 0.3) is 0 Å². The normalized spacial score (nSPS) is 26.4. The molecule has 3 N–H and O–H groups in total. The van der Waals surface area contributed by atoms with Gasteiger partial charge in [-0.15, -0.1) is 0 Å². The van der Waals surface area contributed by atoms with Gasteiger partial charge in [0.1, 0.15) is 5.78 Å². The Labute approximate surface area is 137 Å². The number of ketones is 1. The predicted octanol–water partition coefficient (Wildman–Crippen LogP) is 2.47. The fourth-order valence-corrected chi connectivity index (χ4v) is 2.92. The zero-order valence-corrected chi connectivity index (χ0v) is 13.7. The van der Waals surface area contributed by atoms with Gasteiger partial charge in [-0.1, -0.05) is 31.2 Å². The highest BCUT2D eigenvalue weighted by molar-refractivity contribution is 5.86. The molecular formula is C18H28O5. The summed E-state index contributed by atoms with van der Waals surface area (Å²) in [6.45, 7) is 2.03. The lowest BCUT2D eigenvalue weighted by Crippen LogP contribution is -2.19. The number of allylic oxidation sites excluding steroid dienone is 3. The topological polar surface area (TPSA) is 94.8 Å². The molecule has 130 valence electrons. The molecule has 5 heteroatoms. The van der Waals surface area contributed by atoms with E-state index < -0.39 is 18.2 Å². The van der Waals surface area contributed by atoms with Crippen molar-refractivity contribution in [3.05, 3.63) is 24.3 Å². The summed E-state index contributed by atoms with van der Waals surface area (Å²) >= 11 is 0. The highest BCUT2D eigenvalue weighted by Gasteiger charge is 2.39. The van der Waals surface area contributed by atoms with Crippen LogP contribution >= 0.6 is 0 Å². The van der Waals surface area contributed by atoms with Crippen LogP contribution < -0.4 is 0 Å². The molecule has 0 aromatic rings. The molecule has 0 aromatic heterocycles. The summed E-state index contributed by atoms with van der Waals surface area (Å²) in [6, 6.07) is 0. The second kappa shape index (κ2) is 10.3. The molecular weight excluding hydrogens is 296 g/mol. The zero-order chi connectivity index (χ0) is 17.2. The fourth-order valence-electron chi connectivity index (χ4n) is 2.92. The van der Waals surface area contributed by atoms with Crippen molar-refractivity contribution in [2.45, 2.75) is 64.1 Å². The number of carbonyl (C=O) groups excluding carboxylic acids is 1. The van der Waals surface area contributed by atoms with Crippen LogP contribution in [-0.4, -0.2) is 39.3 Å². The fraction of sp³-hybridized carbons (Fsp3) is 0.667. The van der Waals surface area contributed by atoms with Gasteiger partial charge in [-0.2, -0.15) is 0 Å². The summed E-state index contributed by atoms with van der Waals surface area (Å²) in [5.41, 5.74) is 0. The van der Waals surface area contributed by atoms with Crippen molar-refractivity contribution >= 4 is 11.8 Å². The number of carboxylic acid groups (broad SMARTS) is 1. The Morgan fingerprint density at radius 1 is 1.35 bits per heavy atom. The quantitative estimate of drug-likeness (QED) is 0.424. The van der Waals surface area contributed by atoms with Gasteiger partial charge in [-0.25, -0.2) is 0 Å². The Balaban J connectivity index is 2.48. The Kier molecular flexibility index (Phi) is 8.81. The van der Waals surface area contributed by atoms with Crippen LogP contribution in [-0.2, 0) is 9.59 Å². The largest absolute Gasteiger partial charge is 0.481 e. The van der Waals surface area contributed by atoms with E-state index in [0.29, 0.717) is 25.7 Å². The Bertz CT molecular complexity index is 441. The molecule has 4 atom stereocenters. The van der Waals surface area contributed by atoms with E-state index in [1.54, 1.807) is 12.2 Å². The maximum atomic E-state index is 12.0. The first-order valence-corrected chi connectivity index (χ1v) is 8.39. The number of unbranched alkanes of at least 4 members (excludes halogenated alkanes) is 1. The number of aliphatic carboxylic acids is 1. The van der Waals surface area contributed by atoms with Crippen LogP contribution in [0, 0.1) is 11.8 Å². The van der Waals surface area contributed by atoms with Gasteiger partial charge in [-0.3, -0.25) is 9.59 Å². The average Bonchev–Trinajstić information content (AvgIpc) is 2.75. The summed E-state index contributed by atoms with van der Waals surface area (Å²) in [5, 5.41) is 28.5. The minimum atomic E-state index is -0.830. The monoisotopic (exact) mass is 324 g/mol. The number of hydrogen-bond acceptors (Lipinski definition) is 4. The molecule has 0 bridgehead atoms. The lowest BCUT2D eigenvalue weighted by molar-refractivity contribution is -0.137. The lowest BCUT2D eigenvalue weighted by Gasteiger charge is -2.17. The minimum absolute atomic E-state index is 0.0155. The van der Waals surface area contributed by atoms with Crippen LogP contribution in [0.3, 0.4) is 0 Å². The smallest absolute Gasteiger partial charge is 0.303 e. The van der Waals surface area contributed by atoms with Crippen LogP contribution in [0.5, 0.6) is 0 Å². The summed E-state index contributed by atoms with van der Waals surface area (Å²) < 4.78 is 0. The number of carboxylic acids is 1. The molecule has 1 saturated carbocycles. The van der Waals surface area contributed by atoms with Crippen molar-refractivity contribution in [2.75, 3.05) is 0 Å². The summed E-state index contributed by atoms with van der Waals surface area (Å²) in [4.78, 5) is 22.4. The molecule has 5 nitrogen and oxygen atoms in total. The molecule has 1 aliphatic carbocycles. The first kappa shape index (κ1) is 19.6. The van der Waals surface area contributed by atoms with Gasteiger partial charge in [0.25, 0.3) is 0 Å². The molecule has 0 saturated heterocycles. The van der Waals surface area contributed by atoms with Crippen molar-refractivity contribution < 1.29 is 24.9 Å². The first-order chi connectivity index (χ1) is 11.0. The Morgan fingerprint density at radius 2 is 2.09 bits per heavy atom. The molecule has 0 aliphatic heterocycles. The maximum Gasteiger partial charge on any atom is 0.303 e. The SMILES string of the molecule is CC/C=C\C[C@H]1[C@H](O)CC(=O)[C@H]1/C=C/[C@H](O)CCCCC(=O)O. The molecule has 1 fully saturated rings. The third-order valence-electron chi connectivity index (χ3n) is 4.23. The molecule has 23 heavy (non-hydrogen) atoms. The van der Waals surface area contributed by atoms with Crippen molar-refractivity contribution in [3.8, 4) is 0 Å². The van der Waals surface area contributed by atoms with Gasteiger partial charge in [0.15, 0.2) is 0 Å². The van der Waals surface area contributed by atoms with Gasteiger partial charge >= 0.3 is 5.97 Å². The standard InChI is InChI=1S/C18H28O5/c1-2-3-4-8-14-15(17(21)12-16(14)20)11-10-13(19)7-5-6-9-18(22)23/h3-4,10-11,13-16,19-20H,2,5-9,12H2,1H3,(H,22,23)/b4-3-,11-10+/t13-,14-,15+,16-/m1/s1. The van der Waals surface area contributed by atoms with E-state index in [-0.39, 0.29) is 30.5 Å². The highest BCUT2D eigenvalue weighted by atomic mass is 16.4. The van der Waals surface area contributed by atoms with E-state index >= 15 is 0 Å². The molecule has 0 aromatic carbocycles. The Hall–Kier alpha value is -1.46. The summed E-state index contributed by atoms with van der Waals surface area (Å²) in [5.74, 6) is -1.29. The van der Waals surface area contributed by atoms with E-state index in [1.165, 1.54) is 0 Å². The van der Waals surface area contributed by atoms with Crippen molar-refractivity contribution in [1.29, 1.82) is 0 Å². The molecule has 0 amide bonds. The highest BCUT2D eigenvalue weighted by Crippen LogP contribution is 2.33. The third kappa shape index (κ3) is 7.10. The number of hydrogen-bond donors (Lipinski definition) is 3. The first-order valence-electron chi connectivity index (χ1n) is 8.39. The van der Waals surface area contributed by atoms with E-state index in [0.717, 1.165) is 6.42 Å². The molecule has 1 aliphatic rings. The summed E-state index contributed by atoms with van der Waals surface area (Å²) in [7, 11) is 0. The third-order valence-corrected chi connectivity index (χ3v) is 4.23. The number of rotatable bonds is 10.